The molecule has 0 fully saturated rings. The summed E-state index contributed by atoms with van der Waals surface area (Å²) in [5.41, 5.74) is 3.74. The van der Waals surface area contributed by atoms with Crippen molar-refractivity contribution in [2.24, 2.45) is 0 Å². The van der Waals surface area contributed by atoms with Crippen LogP contribution in [0.4, 0.5) is 0 Å². The van der Waals surface area contributed by atoms with Gasteiger partial charge in [0.15, 0.2) is 0 Å². The first-order chi connectivity index (χ1) is 9.70. The summed E-state index contributed by atoms with van der Waals surface area (Å²) in [4.78, 5) is 0. The van der Waals surface area contributed by atoms with E-state index in [1.807, 2.05) is 18.2 Å². The molecule has 0 spiro atoms. The monoisotopic (exact) mass is 289 g/mol. The topological polar surface area (TPSA) is 21.3 Å². The first-order valence-corrected chi connectivity index (χ1v) is 7.13. The van der Waals surface area contributed by atoms with Crippen molar-refractivity contribution in [3.8, 4) is 0 Å². The van der Waals surface area contributed by atoms with Gasteiger partial charge in [-0.25, -0.2) is 0 Å². The Balaban J connectivity index is 1.99. The molecule has 2 aromatic carbocycles. The van der Waals surface area contributed by atoms with Crippen molar-refractivity contribution in [1.82, 2.24) is 5.32 Å². The van der Waals surface area contributed by atoms with Gasteiger partial charge in [-0.2, -0.15) is 0 Å². The maximum Gasteiger partial charge on any atom is 0.0716 e. The highest BCUT2D eigenvalue weighted by molar-refractivity contribution is 6.30. The predicted molar refractivity (Wildman–Crippen MR) is 83.9 cm³/mol. The van der Waals surface area contributed by atoms with Crippen LogP contribution in [-0.4, -0.2) is 7.11 Å². The van der Waals surface area contributed by atoms with Gasteiger partial charge in [0.2, 0.25) is 0 Å². The SMILES string of the molecule is COCc1ccccc1CNC(C)c1ccc(Cl)cc1. The minimum absolute atomic E-state index is 0.280. The first-order valence-electron chi connectivity index (χ1n) is 6.75. The van der Waals surface area contributed by atoms with Crippen LogP contribution in [0.5, 0.6) is 0 Å². The van der Waals surface area contributed by atoms with Crippen LogP contribution in [0.2, 0.25) is 5.02 Å². The van der Waals surface area contributed by atoms with Crippen molar-refractivity contribution in [3.63, 3.8) is 0 Å². The third kappa shape index (κ3) is 4.07. The lowest BCUT2D eigenvalue weighted by molar-refractivity contribution is 0.184. The lowest BCUT2D eigenvalue weighted by atomic mass is 10.1. The first kappa shape index (κ1) is 15.0. The quantitative estimate of drug-likeness (QED) is 0.854. The third-order valence-electron chi connectivity index (χ3n) is 3.39. The number of ether oxygens (including phenoxy) is 1. The lowest BCUT2D eigenvalue weighted by Crippen LogP contribution is -2.19. The molecule has 0 radical (unpaired) electrons. The molecule has 0 aliphatic rings. The summed E-state index contributed by atoms with van der Waals surface area (Å²) < 4.78 is 5.23. The zero-order chi connectivity index (χ0) is 14.4. The molecule has 1 atom stereocenters. The average Bonchev–Trinajstić information content (AvgIpc) is 2.47. The maximum absolute atomic E-state index is 5.91. The fourth-order valence-electron chi connectivity index (χ4n) is 2.16. The van der Waals surface area contributed by atoms with Crippen molar-refractivity contribution in [2.75, 3.05) is 7.11 Å². The summed E-state index contributed by atoms with van der Waals surface area (Å²) in [6.07, 6.45) is 0. The number of rotatable bonds is 6. The Morgan fingerprint density at radius 2 is 1.70 bits per heavy atom. The molecule has 2 aromatic rings. The number of methoxy groups -OCH3 is 1. The standard InChI is InChI=1S/C17H20ClNO/c1-13(14-7-9-17(18)10-8-14)19-11-15-5-3-4-6-16(15)12-20-2/h3-10,13,19H,11-12H2,1-2H3. The second kappa shape index (κ2) is 7.44. The van der Waals surface area contributed by atoms with Gasteiger partial charge in [0.25, 0.3) is 0 Å². The molecular formula is C17H20ClNO. The van der Waals surface area contributed by atoms with Crippen LogP contribution in [0, 0.1) is 0 Å². The molecule has 0 amide bonds. The van der Waals surface area contributed by atoms with E-state index in [1.165, 1.54) is 16.7 Å². The van der Waals surface area contributed by atoms with E-state index >= 15 is 0 Å². The number of hydrogen-bond donors (Lipinski definition) is 1. The smallest absolute Gasteiger partial charge is 0.0716 e. The number of halogens is 1. The van der Waals surface area contributed by atoms with E-state index in [1.54, 1.807) is 7.11 Å². The van der Waals surface area contributed by atoms with E-state index in [-0.39, 0.29) is 6.04 Å². The van der Waals surface area contributed by atoms with Crippen LogP contribution in [-0.2, 0) is 17.9 Å². The largest absolute Gasteiger partial charge is 0.380 e. The van der Waals surface area contributed by atoms with Crippen molar-refractivity contribution in [1.29, 1.82) is 0 Å². The second-order valence-corrected chi connectivity index (χ2v) is 5.29. The van der Waals surface area contributed by atoms with Gasteiger partial charge in [0.05, 0.1) is 6.61 Å². The Morgan fingerprint density at radius 3 is 2.35 bits per heavy atom. The van der Waals surface area contributed by atoms with E-state index < -0.39 is 0 Å². The van der Waals surface area contributed by atoms with Crippen molar-refractivity contribution in [3.05, 3.63) is 70.2 Å². The van der Waals surface area contributed by atoms with E-state index in [0.29, 0.717) is 6.61 Å². The van der Waals surface area contributed by atoms with Gasteiger partial charge >= 0.3 is 0 Å². The van der Waals surface area contributed by atoms with Gasteiger partial charge in [0.1, 0.15) is 0 Å². The summed E-state index contributed by atoms with van der Waals surface area (Å²) in [6.45, 7) is 3.62. The highest BCUT2D eigenvalue weighted by Crippen LogP contribution is 2.17. The zero-order valence-corrected chi connectivity index (χ0v) is 12.7. The summed E-state index contributed by atoms with van der Waals surface area (Å²) in [6, 6.07) is 16.6. The normalized spacial score (nSPS) is 12.3. The maximum atomic E-state index is 5.91. The second-order valence-electron chi connectivity index (χ2n) is 4.86. The number of benzene rings is 2. The number of nitrogens with one attached hydrogen (secondary N) is 1. The van der Waals surface area contributed by atoms with Gasteiger partial charge in [-0.05, 0) is 35.7 Å². The molecule has 2 rings (SSSR count). The van der Waals surface area contributed by atoms with Gasteiger partial charge < -0.3 is 10.1 Å². The molecule has 0 aromatic heterocycles. The summed E-state index contributed by atoms with van der Waals surface area (Å²) in [5.74, 6) is 0. The van der Waals surface area contributed by atoms with Crippen LogP contribution in [0.1, 0.15) is 29.7 Å². The molecule has 3 heteroatoms. The fraction of sp³-hybridized carbons (Fsp3) is 0.294. The van der Waals surface area contributed by atoms with Crippen LogP contribution in [0.15, 0.2) is 48.5 Å². The van der Waals surface area contributed by atoms with Crippen LogP contribution in [0.3, 0.4) is 0 Å². The molecule has 1 N–H and O–H groups in total. The Bertz CT molecular complexity index is 539. The molecule has 0 bridgehead atoms. The van der Waals surface area contributed by atoms with Gasteiger partial charge in [-0.3, -0.25) is 0 Å². The van der Waals surface area contributed by atoms with Crippen molar-refractivity contribution >= 4 is 11.6 Å². The molecular weight excluding hydrogens is 270 g/mol. The molecule has 0 saturated heterocycles. The van der Waals surface area contributed by atoms with Crippen molar-refractivity contribution in [2.45, 2.75) is 26.1 Å². The minimum atomic E-state index is 0.280. The summed E-state index contributed by atoms with van der Waals surface area (Å²) in [5, 5.41) is 4.30. The summed E-state index contributed by atoms with van der Waals surface area (Å²) >= 11 is 5.91. The molecule has 0 saturated carbocycles. The lowest BCUT2D eigenvalue weighted by Gasteiger charge is -2.16. The molecule has 2 nitrogen and oxygen atoms in total. The fourth-order valence-corrected chi connectivity index (χ4v) is 2.28. The van der Waals surface area contributed by atoms with E-state index in [2.05, 4.69) is 42.6 Å². The summed E-state index contributed by atoms with van der Waals surface area (Å²) in [7, 11) is 1.72. The van der Waals surface area contributed by atoms with Gasteiger partial charge in [-0.1, -0.05) is 48.0 Å². The van der Waals surface area contributed by atoms with Crippen LogP contribution >= 0.6 is 11.6 Å². The predicted octanol–water partition coefficient (Wildman–Crippen LogP) is 4.34. The Hall–Kier alpha value is -1.35. The minimum Gasteiger partial charge on any atom is -0.380 e. The Labute approximate surface area is 125 Å². The number of hydrogen-bond acceptors (Lipinski definition) is 2. The third-order valence-corrected chi connectivity index (χ3v) is 3.64. The molecule has 0 heterocycles. The molecule has 0 aliphatic carbocycles. The van der Waals surface area contributed by atoms with E-state index in [9.17, 15) is 0 Å². The Morgan fingerprint density at radius 1 is 1.05 bits per heavy atom. The molecule has 20 heavy (non-hydrogen) atoms. The van der Waals surface area contributed by atoms with Gasteiger partial charge in [-0.15, -0.1) is 0 Å². The van der Waals surface area contributed by atoms with Crippen LogP contribution < -0.4 is 5.32 Å². The Kier molecular flexibility index (Phi) is 5.60. The molecule has 0 aliphatic heterocycles. The highest BCUT2D eigenvalue weighted by Gasteiger charge is 2.06. The van der Waals surface area contributed by atoms with Crippen LogP contribution in [0.25, 0.3) is 0 Å². The van der Waals surface area contributed by atoms with E-state index in [4.69, 9.17) is 16.3 Å². The average molecular weight is 290 g/mol. The van der Waals surface area contributed by atoms with Gasteiger partial charge in [0, 0.05) is 24.7 Å². The van der Waals surface area contributed by atoms with Crippen molar-refractivity contribution < 1.29 is 4.74 Å². The molecule has 106 valence electrons. The van der Waals surface area contributed by atoms with E-state index in [0.717, 1.165) is 11.6 Å². The highest BCUT2D eigenvalue weighted by atomic mass is 35.5. The zero-order valence-electron chi connectivity index (χ0n) is 11.9. The molecule has 1 unspecified atom stereocenters.